The number of aliphatic hydroxyl groups is 2. The molecule has 35 heavy (non-hydrogen) atoms. The van der Waals surface area contributed by atoms with Gasteiger partial charge in [-0.15, -0.1) is 0 Å². The van der Waals surface area contributed by atoms with Crippen molar-refractivity contribution in [3.05, 3.63) is 77.3 Å². The molecule has 0 aliphatic heterocycles. The lowest BCUT2D eigenvalue weighted by molar-refractivity contribution is 0.0712. The van der Waals surface area contributed by atoms with Crippen molar-refractivity contribution in [1.82, 2.24) is 5.32 Å². The van der Waals surface area contributed by atoms with Crippen LogP contribution in [0.2, 0.25) is 5.02 Å². The Morgan fingerprint density at radius 1 is 0.943 bits per heavy atom. The van der Waals surface area contributed by atoms with Gasteiger partial charge in [-0.2, -0.15) is 0 Å². The molecule has 0 aromatic heterocycles. The van der Waals surface area contributed by atoms with Crippen LogP contribution in [0.25, 0.3) is 0 Å². The summed E-state index contributed by atoms with van der Waals surface area (Å²) in [6.07, 6.45) is -0.982. The molecule has 6 N–H and O–H groups in total. The molecular weight excluding hydrogens is 496 g/mol. The number of hydrogen-bond acceptors (Lipinski definition) is 8. The van der Waals surface area contributed by atoms with E-state index in [0.717, 1.165) is 5.56 Å². The summed E-state index contributed by atoms with van der Waals surface area (Å²) in [7, 11) is -3.90. The Morgan fingerprint density at radius 3 is 2.37 bits per heavy atom. The molecule has 3 aromatic rings. The van der Waals surface area contributed by atoms with Crippen molar-refractivity contribution in [2.45, 2.75) is 30.1 Å². The maximum absolute atomic E-state index is 12.5. The van der Waals surface area contributed by atoms with E-state index in [1.54, 1.807) is 30.3 Å². The van der Waals surface area contributed by atoms with Gasteiger partial charge in [0.2, 0.25) is 0 Å². The van der Waals surface area contributed by atoms with Gasteiger partial charge in [0.25, 0.3) is 10.0 Å². The van der Waals surface area contributed by atoms with Crippen LogP contribution in [0.4, 0.5) is 5.69 Å². The van der Waals surface area contributed by atoms with Crippen LogP contribution in [-0.4, -0.2) is 54.3 Å². The summed E-state index contributed by atoms with van der Waals surface area (Å²) >= 11 is 5.87. The monoisotopic (exact) mass is 522 g/mol. The molecule has 0 spiro atoms. The van der Waals surface area contributed by atoms with Gasteiger partial charge in [0.15, 0.2) is 0 Å². The molecule has 2 atom stereocenters. The number of ether oxygens (including phenoxy) is 1. The molecule has 0 saturated carbocycles. The van der Waals surface area contributed by atoms with Crippen LogP contribution in [0, 0.1) is 0 Å². The second kappa shape index (κ2) is 12.1. The second-order valence-electron chi connectivity index (χ2n) is 7.81. The van der Waals surface area contributed by atoms with Crippen LogP contribution >= 0.6 is 11.6 Å². The first-order valence-electron chi connectivity index (χ1n) is 10.7. The Hall–Kier alpha value is -3.02. The molecule has 3 aromatic carbocycles. The minimum absolute atomic E-state index is 0.00781. The summed E-state index contributed by atoms with van der Waals surface area (Å²) in [6.45, 7) is -0.0913. The van der Waals surface area contributed by atoms with E-state index >= 15 is 0 Å². The largest absolute Gasteiger partial charge is 0.506 e. The van der Waals surface area contributed by atoms with Gasteiger partial charge in [0.1, 0.15) is 36.2 Å². The van der Waals surface area contributed by atoms with Gasteiger partial charge in [-0.25, -0.2) is 8.42 Å². The van der Waals surface area contributed by atoms with E-state index in [0.29, 0.717) is 12.8 Å². The van der Waals surface area contributed by atoms with Crippen molar-refractivity contribution in [2.24, 2.45) is 0 Å². The third-order valence-corrected chi connectivity index (χ3v) is 6.70. The van der Waals surface area contributed by atoms with Crippen molar-refractivity contribution in [3.63, 3.8) is 0 Å². The fourth-order valence-electron chi connectivity index (χ4n) is 3.12. The smallest absolute Gasteiger partial charge is 0.262 e. The number of aliphatic hydroxyl groups excluding tert-OH is 2. The van der Waals surface area contributed by atoms with Gasteiger partial charge < -0.3 is 25.2 Å². The van der Waals surface area contributed by atoms with Crippen LogP contribution in [0.5, 0.6) is 17.2 Å². The summed E-state index contributed by atoms with van der Waals surface area (Å²) in [5, 5.41) is 42.8. The number of aromatic hydroxyl groups is 2. The summed E-state index contributed by atoms with van der Waals surface area (Å²) in [4.78, 5) is 0.0410. The zero-order valence-electron chi connectivity index (χ0n) is 18.6. The molecule has 11 heteroatoms. The molecule has 0 aliphatic carbocycles. The third-order valence-electron chi connectivity index (χ3n) is 5.02. The highest BCUT2D eigenvalue weighted by atomic mass is 35.5. The molecule has 0 saturated heterocycles. The molecule has 0 bridgehead atoms. The van der Waals surface area contributed by atoms with Crippen molar-refractivity contribution in [3.8, 4) is 17.2 Å². The predicted octanol–water partition coefficient (Wildman–Crippen LogP) is 2.83. The Balaban J connectivity index is 1.47. The third kappa shape index (κ3) is 8.01. The summed E-state index contributed by atoms with van der Waals surface area (Å²) in [5.41, 5.74) is 0.785. The highest BCUT2D eigenvalue weighted by Gasteiger charge is 2.17. The van der Waals surface area contributed by atoms with Gasteiger partial charge in [-0.3, -0.25) is 10.0 Å². The van der Waals surface area contributed by atoms with Crippen LogP contribution in [0.1, 0.15) is 12.0 Å². The first-order chi connectivity index (χ1) is 16.6. The molecule has 0 fully saturated rings. The number of phenols is 2. The zero-order chi connectivity index (χ0) is 25.4. The predicted molar refractivity (Wildman–Crippen MR) is 132 cm³/mol. The fourth-order valence-corrected chi connectivity index (χ4v) is 4.41. The van der Waals surface area contributed by atoms with Gasteiger partial charge in [-0.1, -0.05) is 35.9 Å². The number of rotatable bonds is 12. The molecule has 3 rings (SSSR count). The molecule has 0 aliphatic rings. The maximum Gasteiger partial charge on any atom is 0.262 e. The first-order valence-corrected chi connectivity index (χ1v) is 12.6. The number of hydrogen-bond donors (Lipinski definition) is 6. The minimum Gasteiger partial charge on any atom is -0.506 e. The second-order valence-corrected chi connectivity index (χ2v) is 9.90. The number of benzene rings is 3. The minimum atomic E-state index is -3.90. The number of nitrogens with one attached hydrogen (secondary N) is 2. The van der Waals surface area contributed by atoms with Gasteiger partial charge >= 0.3 is 0 Å². The molecule has 188 valence electrons. The highest BCUT2D eigenvalue weighted by molar-refractivity contribution is 7.92. The lowest BCUT2D eigenvalue weighted by Gasteiger charge is -2.17. The van der Waals surface area contributed by atoms with Gasteiger partial charge in [-0.05, 0) is 54.8 Å². The Morgan fingerprint density at radius 2 is 1.66 bits per heavy atom. The van der Waals surface area contributed by atoms with Gasteiger partial charge in [0.05, 0.1) is 15.6 Å². The highest BCUT2D eigenvalue weighted by Crippen LogP contribution is 2.30. The summed E-state index contributed by atoms with van der Waals surface area (Å²) in [5.74, 6) is -0.0546. The fraction of sp³-hybridized carbons (Fsp3) is 0.250. The van der Waals surface area contributed by atoms with Crippen LogP contribution in [-0.2, 0) is 16.4 Å². The molecule has 9 nitrogen and oxygen atoms in total. The average Bonchev–Trinajstić information content (AvgIpc) is 2.84. The zero-order valence-corrected chi connectivity index (χ0v) is 20.2. The number of sulfonamides is 1. The van der Waals surface area contributed by atoms with E-state index in [-0.39, 0.29) is 46.0 Å². The molecular formula is C24H27ClN2O7S. The maximum atomic E-state index is 12.5. The van der Waals surface area contributed by atoms with E-state index in [2.05, 4.69) is 10.0 Å². The molecule has 1 unspecified atom stereocenters. The number of halogens is 1. The van der Waals surface area contributed by atoms with E-state index in [4.69, 9.17) is 16.3 Å². The molecule has 0 heterocycles. The Kier molecular flexibility index (Phi) is 9.19. The summed E-state index contributed by atoms with van der Waals surface area (Å²) < 4.78 is 32.8. The van der Waals surface area contributed by atoms with Gasteiger partial charge in [0, 0.05) is 12.6 Å². The number of anilines is 1. The van der Waals surface area contributed by atoms with E-state index in [9.17, 15) is 28.8 Å². The standard InChI is InChI=1S/C24H27ClN2O7S/c25-20-12-16(6-9-22(20)29)7-11-24(31)26-14-17(28)15-34-18-8-10-23(30)21(13-18)27-35(32,33)19-4-2-1-3-5-19/h1-6,8-10,12-13,17,24,26-31H,7,11,14-15H2/t17?,24-/m0/s1. The topological polar surface area (TPSA) is 148 Å². The number of aryl methyl sites for hydroxylation is 1. The van der Waals surface area contributed by atoms with Crippen LogP contribution < -0.4 is 14.8 Å². The number of phenolic OH excluding ortho intramolecular Hbond substituents is 2. The molecule has 0 amide bonds. The summed E-state index contributed by atoms with van der Waals surface area (Å²) in [6, 6.07) is 16.6. The lowest BCUT2D eigenvalue weighted by atomic mass is 10.1. The Bertz CT molecular complexity index is 1230. The van der Waals surface area contributed by atoms with Crippen molar-refractivity contribution >= 4 is 27.3 Å². The van der Waals surface area contributed by atoms with E-state index in [1.165, 1.54) is 36.4 Å². The lowest BCUT2D eigenvalue weighted by Crippen LogP contribution is -2.38. The van der Waals surface area contributed by atoms with Crippen LogP contribution in [0.15, 0.2) is 71.6 Å². The first kappa shape index (κ1) is 26.6. The SMILES string of the molecule is O=S(=O)(Nc1cc(OCC(O)CN[C@@H](O)CCc2ccc(O)c(Cl)c2)ccc1O)c1ccccc1. The average molecular weight is 523 g/mol. The van der Waals surface area contributed by atoms with Crippen molar-refractivity contribution in [2.75, 3.05) is 17.9 Å². The quantitative estimate of drug-likeness (QED) is 0.157. The van der Waals surface area contributed by atoms with E-state index < -0.39 is 22.4 Å². The Labute approximate surface area is 208 Å². The molecule has 0 radical (unpaired) electrons. The normalized spacial score (nSPS) is 13.2. The van der Waals surface area contributed by atoms with Crippen LogP contribution in [0.3, 0.4) is 0 Å². The van der Waals surface area contributed by atoms with E-state index in [1.807, 2.05) is 0 Å². The van der Waals surface area contributed by atoms with Crippen molar-refractivity contribution in [1.29, 1.82) is 0 Å². The van der Waals surface area contributed by atoms with Crippen molar-refractivity contribution < 1.29 is 33.6 Å².